The van der Waals surface area contributed by atoms with Gasteiger partial charge in [0.25, 0.3) is 0 Å². The third-order valence-electron chi connectivity index (χ3n) is 3.74. The molecule has 1 aromatic heterocycles. The lowest BCUT2D eigenvalue weighted by molar-refractivity contribution is 0.162. The van der Waals surface area contributed by atoms with Crippen molar-refractivity contribution in [3.8, 4) is 0 Å². The fourth-order valence-corrected chi connectivity index (χ4v) is 2.57. The van der Waals surface area contributed by atoms with Gasteiger partial charge in [0.15, 0.2) is 0 Å². The minimum atomic E-state index is -0.339. The summed E-state index contributed by atoms with van der Waals surface area (Å²) in [6, 6.07) is 0. The van der Waals surface area contributed by atoms with Crippen LogP contribution in [0.15, 0.2) is 6.20 Å². The molecule has 0 aromatic carbocycles. The molecule has 1 atom stereocenters. The van der Waals surface area contributed by atoms with Crippen LogP contribution < -0.4 is 0 Å². The smallest absolute Gasteiger partial charge is 0.0823 e. The molecular formula is C16H30N2O. The van der Waals surface area contributed by atoms with Crippen LogP contribution in [-0.4, -0.2) is 14.9 Å². The highest BCUT2D eigenvalue weighted by Gasteiger charge is 2.12. The molecule has 0 saturated carbocycles. The van der Waals surface area contributed by atoms with E-state index in [2.05, 4.69) is 12.0 Å². The van der Waals surface area contributed by atoms with Crippen LogP contribution in [-0.2, 0) is 7.05 Å². The van der Waals surface area contributed by atoms with Crippen molar-refractivity contribution >= 4 is 0 Å². The van der Waals surface area contributed by atoms with Crippen molar-refractivity contribution < 1.29 is 5.11 Å². The van der Waals surface area contributed by atoms with Gasteiger partial charge in [-0.1, -0.05) is 58.3 Å². The van der Waals surface area contributed by atoms with Crippen molar-refractivity contribution in [2.75, 3.05) is 0 Å². The van der Waals surface area contributed by atoms with E-state index in [0.717, 1.165) is 24.1 Å². The first-order valence-corrected chi connectivity index (χ1v) is 7.83. The second-order valence-corrected chi connectivity index (χ2v) is 5.62. The fraction of sp³-hybridized carbons (Fsp3) is 0.812. The number of unbranched alkanes of at least 4 members (excludes halogenated alkanes) is 7. The molecule has 0 bridgehead atoms. The summed E-state index contributed by atoms with van der Waals surface area (Å²) >= 11 is 0. The Hall–Kier alpha value is -0.830. The molecule has 0 saturated heterocycles. The lowest BCUT2D eigenvalue weighted by atomic mass is 10.0. The molecule has 0 fully saturated rings. The number of aliphatic hydroxyl groups is 1. The molecule has 0 amide bonds. The summed E-state index contributed by atoms with van der Waals surface area (Å²) in [5.41, 5.74) is 1.94. The molecule has 1 rings (SSSR count). The molecule has 0 spiro atoms. The molecule has 3 heteroatoms. The van der Waals surface area contributed by atoms with Crippen molar-refractivity contribution in [3.63, 3.8) is 0 Å². The molecule has 110 valence electrons. The molecule has 0 radical (unpaired) electrons. The monoisotopic (exact) mass is 266 g/mol. The SMILES string of the molecule is CCCCCCCCCCC(O)c1cn(C)nc1C. The van der Waals surface area contributed by atoms with Crippen LogP contribution in [0.5, 0.6) is 0 Å². The largest absolute Gasteiger partial charge is 0.388 e. The van der Waals surface area contributed by atoms with Gasteiger partial charge in [-0.3, -0.25) is 4.68 Å². The maximum atomic E-state index is 10.1. The number of hydrogen-bond acceptors (Lipinski definition) is 2. The number of rotatable bonds is 10. The first-order chi connectivity index (χ1) is 9.15. The second kappa shape index (κ2) is 9.13. The highest BCUT2D eigenvalue weighted by Crippen LogP contribution is 2.22. The third kappa shape index (κ3) is 6.24. The first-order valence-electron chi connectivity index (χ1n) is 7.83. The summed E-state index contributed by atoms with van der Waals surface area (Å²) in [6.45, 7) is 4.22. The van der Waals surface area contributed by atoms with E-state index in [1.165, 1.54) is 44.9 Å². The average Bonchev–Trinajstić information content (AvgIpc) is 2.71. The molecule has 19 heavy (non-hydrogen) atoms. The minimum Gasteiger partial charge on any atom is -0.388 e. The van der Waals surface area contributed by atoms with Gasteiger partial charge in [-0.2, -0.15) is 5.10 Å². The zero-order valence-electron chi connectivity index (χ0n) is 12.9. The molecule has 3 nitrogen and oxygen atoms in total. The van der Waals surface area contributed by atoms with Crippen molar-refractivity contribution in [3.05, 3.63) is 17.5 Å². The first kappa shape index (κ1) is 16.2. The topological polar surface area (TPSA) is 38.0 Å². The maximum absolute atomic E-state index is 10.1. The summed E-state index contributed by atoms with van der Waals surface area (Å²) < 4.78 is 1.78. The lowest BCUT2D eigenvalue weighted by Gasteiger charge is -2.09. The minimum absolute atomic E-state index is 0.339. The quantitative estimate of drug-likeness (QED) is 0.641. The summed E-state index contributed by atoms with van der Waals surface area (Å²) in [5.74, 6) is 0. The molecule has 1 heterocycles. The fourth-order valence-electron chi connectivity index (χ4n) is 2.57. The average molecular weight is 266 g/mol. The van der Waals surface area contributed by atoms with Crippen LogP contribution in [0.1, 0.15) is 82.1 Å². The predicted molar refractivity (Wildman–Crippen MR) is 80.1 cm³/mol. The van der Waals surface area contributed by atoms with Gasteiger partial charge in [0, 0.05) is 18.8 Å². The maximum Gasteiger partial charge on any atom is 0.0823 e. The van der Waals surface area contributed by atoms with E-state index in [1.807, 2.05) is 20.2 Å². The number of aromatic nitrogens is 2. The van der Waals surface area contributed by atoms with Crippen LogP contribution >= 0.6 is 0 Å². The number of hydrogen-bond donors (Lipinski definition) is 1. The molecule has 1 unspecified atom stereocenters. The highest BCUT2D eigenvalue weighted by atomic mass is 16.3. The Morgan fingerprint density at radius 3 is 2.21 bits per heavy atom. The Kier molecular flexibility index (Phi) is 7.80. The molecular weight excluding hydrogens is 236 g/mol. The Balaban J connectivity index is 2.08. The Bertz CT molecular complexity index is 347. The van der Waals surface area contributed by atoms with Gasteiger partial charge >= 0.3 is 0 Å². The molecule has 0 aliphatic heterocycles. The standard InChI is InChI=1S/C16H30N2O/c1-4-5-6-7-8-9-10-11-12-16(19)15-13-18(3)17-14(15)2/h13,16,19H,4-12H2,1-3H3. The summed E-state index contributed by atoms with van der Waals surface area (Å²) in [5, 5.41) is 14.4. The normalized spacial score (nSPS) is 12.8. The van der Waals surface area contributed by atoms with Gasteiger partial charge in [-0.05, 0) is 13.3 Å². The van der Waals surface area contributed by atoms with E-state index in [9.17, 15) is 5.11 Å². The van der Waals surface area contributed by atoms with E-state index in [1.54, 1.807) is 4.68 Å². The van der Waals surface area contributed by atoms with Crippen LogP contribution in [0, 0.1) is 6.92 Å². The van der Waals surface area contributed by atoms with Crippen LogP contribution in [0.25, 0.3) is 0 Å². The van der Waals surface area contributed by atoms with Gasteiger partial charge in [0.1, 0.15) is 0 Å². The molecule has 1 N–H and O–H groups in total. The number of aliphatic hydroxyl groups excluding tert-OH is 1. The summed E-state index contributed by atoms with van der Waals surface area (Å²) in [7, 11) is 1.90. The van der Waals surface area contributed by atoms with Gasteiger partial charge in [0.05, 0.1) is 11.8 Å². The Morgan fingerprint density at radius 1 is 1.11 bits per heavy atom. The zero-order chi connectivity index (χ0) is 14.1. The zero-order valence-corrected chi connectivity index (χ0v) is 12.9. The summed E-state index contributed by atoms with van der Waals surface area (Å²) in [4.78, 5) is 0. The van der Waals surface area contributed by atoms with Crippen molar-refractivity contribution in [2.45, 2.75) is 77.7 Å². The molecule has 0 aliphatic carbocycles. The van der Waals surface area contributed by atoms with Crippen molar-refractivity contribution in [1.29, 1.82) is 0 Å². The van der Waals surface area contributed by atoms with E-state index >= 15 is 0 Å². The number of aryl methyl sites for hydroxylation is 2. The van der Waals surface area contributed by atoms with Gasteiger partial charge in [0.2, 0.25) is 0 Å². The van der Waals surface area contributed by atoms with Gasteiger partial charge < -0.3 is 5.11 Å². The van der Waals surface area contributed by atoms with Crippen LogP contribution in [0.3, 0.4) is 0 Å². The van der Waals surface area contributed by atoms with Crippen LogP contribution in [0.4, 0.5) is 0 Å². The Morgan fingerprint density at radius 2 is 1.68 bits per heavy atom. The van der Waals surface area contributed by atoms with E-state index in [-0.39, 0.29) is 6.10 Å². The highest BCUT2D eigenvalue weighted by molar-refractivity contribution is 5.18. The van der Waals surface area contributed by atoms with Crippen LogP contribution in [0.2, 0.25) is 0 Å². The van der Waals surface area contributed by atoms with E-state index in [0.29, 0.717) is 0 Å². The third-order valence-corrected chi connectivity index (χ3v) is 3.74. The van der Waals surface area contributed by atoms with Gasteiger partial charge in [-0.15, -0.1) is 0 Å². The lowest BCUT2D eigenvalue weighted by Crippen LogP contribution is -1.98. The van der Waals surface area contributed by atoms with Gasteiger partial charge in [-0.25, -0.2) is 0 Å². The predicted octanol–water partition coefficient (Wildman–Crippen LogP) is 4.29. The van der Waals surface area contributed by atoms with E-state index in [4.69, 9.17) is 0 Å². The Labute approximate surface area is 118 Å². The molecule has 1 aromatic rings. The van der Waals surface area contributed by atoms with E-state index < -0.39 is 0 Å². The molecule has 0 aliphatic rings. The number of nitrogens with zero attached hydrogens (tertiary/aromatic N) is 2. The van der Waals surface area contributed by atoms with Crippen molar-refractivity contribution in [2.24, 2.45) is 7.05 Å². The van der Waals surface area contributed by atoms with Crippen molar-refractivity contribution in [1.82, 2.24) is 9.78 Å². The summed E-state index contributed by atoms with van der Waals surface area (Å²) in [6.07, 6.45) is 12.9. The second-order valence-electron chi connectivity index (χ2n) is 5.62.